The van der Waals surface area contributed by atoms with E-state index in [1.807, 2.05) is 38.1 Å². The molecule has 6 nitrogen and oxygen atoms in total. The lowest BCUT2D eigenvalue weighted by Crippen LogP contribution is -2.56. The fourth-order valence-corrected chi connectivity index (χ4v) is 2.31. The predicted octanol–water partition coefficient (Wildman–Crippen LogP) is 0.956. The molecule has 0 radical (unpaired) electrons. The molecule has 1 unspecified atom stereocenters. The van der Waals surface area contributed by atoms with Crippen molar-refractivity contribution in [3.05, 3.63) is 24.3 Å². The van der Waals surface area contributed by atoms with Crippen molar-refractivity contribution in [3.8, 4) is 11.5 Å². The molecule has 1 saturated heterocycles. The summed E-state index contributed by atoms with van der Waals surface area (Å²) in [6, 6.07) is 7.06. The highest BCUT2D eigenvalue weighted by molar-refractivity contribution is 5.82. The van der Waals surface area contributed by atoms with Crippen LogP contribution < -0.4 is 20.1 Å². The van der Waals surface area contributed by atoms with E-state index in [1.54, 1.807) is 7.11 Å². The average Bonchev–Trinajstić information content (AvgIpc) is 2.54. The Kier molecular flexibility index (Phi) is 6.03. The van der Waals surface area contributed by atoms with Gasteiger partial charge in [-0.3, -0.25) is 4.79 Å². The molecule has 2 N–H and O–H groups in total. The number of carbonyl (C=O) groups excluding carboxylic acids is 1. The van der Waals surface area contributed by atoms with E-state index in [2.05, 4.69) is 10.6 Å². The van der Waals surface area contributed by atoms with Gasteiger partial charge in [-0.25, -0.2) is 0 Å². The van der Waals surface area contributed by atoms with Crippen LogP contribution in [0.15, 0.2) is 24.3 Å². The largest absolute Gasteiger partial charge is 0.497 e. The second-order valence-electron chi connectivity index (χ2n) is 5.36. The molecule has 0 aromatic heterocycles. The molecule has 122 valence electrons. The fourth-order valence-electron chi connectivity index (χ4n) is 2.31. The monoisotopic (exact) mass is 308 g/mol. The highest BCUT2D eigenvalue weighted by atomic mass is 16.5. The van der Waals surface area contributed by atoms with E-state index >= 15 is 0 Å². The number of methoxy groups -OCH3 is 1. The summed E-state index contributed by atoms with van der Waals surface area (Å²) in [6.45, 7) is 5.59. The SMILES string of the molecule is COc1ccc(OC(C)CNC(=O)[C@H]2NCCO[C@@H]2C)cc1. The van der Waals surface area contributed by atoms with Gasteiger partial charge in [0.15, 0.2) is 0 Å². The van der Waals surface area contributed by atoms with Crippen molar-refractivity contribution >= 4 is 5.91 Å². The molecule has 6 heteroatoms. The van der Waals surface area contributed by atoms with E-state index in [4.69, 9.17) is 14.2 Å². The van der Waals surface area contributed by atoms with E-state index in [0.29, 0.717) is 19.7 Å². The molecule has 1 aromatic rings. The van der Waals surface area contributed by atoms with Crippen LogP contribution >= 0.6 is 0 Å². The smallest absolute Gasteiger partial charge is 0.239 e. The van der Waals surface area contributed by atoms with E-state index in [1.165, 1.54) is 0 Å². The van der Waals surface area contributed by atoms with Gasteiger partial charge in [-0.1, -0.05) is 0 Å². The summed E-state index contributed by atoms with van der Waals surface area (Å²) in [5, 5.41) is 6.06. The number of carbonyl (C=O) groups is 1. The van der Waals surface area contributed by atoms with Crippen molar-refractivity contribution in [2.75, 3.05) is 26.8 Å². The van der Waals surface area contributed by atoms with Crippen molar-refractivity contribution < 1.29 is 19.0 Å². The minimum atomic E-state index is -0.304. The molecule has 1 aliphatic rings. The zero-order valence-electron chi connectivity index (χ0n) is 13.3. The first-order chi connectivity index (χ1) is 10.6. The van der Waals surface area contributed by atoms with E-state index in [0.717, 1.165) is 11.5 Å². The molecular weight excluding hydrogens is 284 g/mol. The van der Waals surface area contributed by atoms with Crippen LogP contribution in [0.1, 0.15) is 13.8 Å². The van der Waals surface area contributed by atoms with Crippen LogP contribution in [0.3, 0.4) is 0 Å². The first-order valence-corrected chi connectivity index (χ1v) is 7.53. The van der Waals surface area contributed by atoms with Gasteiger partial charge in [0.1, 0.15) is 23.6 Å². The molecule has 0 spiro atoms. The Balaban J connectivity index is 1.76. The maximum atomic E-state index is 12.1. The standard InChI is InChI=1S/C16H24N2O4/c1-11(22-14-6-4-13(20-3)5-7-14)10-18-16(19)15-12(2)21-9-8-17-15/h4-7,11-12,15,17H,8-10H2,1-3H3,(H,18,19)/t11?,12-,15+/m1/s1. The van der Waals surface area contributed by atoms with Gasteiger partial charge >= 0.3 is 0 Å². The average molecular weight is 308 g/mol. The maximum absolute atomic E-state index is 12.1. The second-order valence-corrected chi connectivity index (χ2v) is 5.36. The van der Waals surface area contributed by atoms with Crippen LogP contribution in [0.2, 0.25) is 0 Å². The summed E-state index contributed by atoms with van der Waals surface area (Å²) in [4.78, 5) is 12.1. The van der Waals surface area contributed by atoms with Crippen LogP contribution in [0, 0.1) is 0 Å². The molecule has 0 saturated carbocycles. The van der Waals surface area contributed by atoms with E-state index in [-0.39, 0.29) is 24.2 Å². The van der Waals surface area contributed by atoms with Gasteiger partial charge in [-0.15, -0.1) is 0 Å². The molecule has 1 heterocycles. The minimum absolute atomic E-state index is 0.0580. The van der Waals surface area contributed by atoms with Crippen molar-refractivity contribution in [2.24, 2.45) is 0 Å². The lowest BCUT2D eigenvalue weighted by Gasteiger charge is -2.29. The third-order valence-electron chi connectivity index (χ3n) is 3.56. The number of nitrogens with one attached hydrogen (secondary N) is 2. The van der Waals surface area contributed by atoms with Crippen LogP contribution in [0.5, 0.6) is 11.5 Å². The van der Waals surface area contributed by atoms with E-state index in [9.17, 15) is 4.79 Å². The molecule has 0 aliphatic carbocycles. The number of hydrogen-bond donors (Lipinski definition) is 2. The van der Waals surface area contributed by atoms with Crippen molar-refractivity contribution in [1.29, 1.82) is 0 Å². The third-order valence-corrected chi connectivity index (χ3v) is 3.56. The summed E-state index contributed by atoms with van der Waals surface area (Å²) in [7, 11) is 1.62. The van der Waals surface area contributed by atoms with Crippen LogP contribution in [-0.2, 0) is 9.53 Å². The maximum Gasteiger partial charge on any atom is 0.239 e. The van der Waals surface area contributed by atoms with Gasteiger partial charge in [0.25, 0.3) is 0 Å². The van der Waals surface area contributed by atoms with Crippen molar-refractivity contribution in [3.63, 3.8) is 0 Å². The van der Waals surface area contributed by atoms with Crippen LogP contribution in [0.25, 0.3) is 0 Å². The lowest BCUT2D eigenvalue weighted by atomic mass is 10.1. The Morgan fingerprint density at radius 2 is 2.09 bits per heavy atom. The summed E-state index contributed by atoms with van der Waals surface area (Å²) in [5.74, 6) is 1.47. The van der Waals surface area contributed by atoms with Crippen LogP contribution in [0.4, 0.5) is 0 Å². The number of amides is 1. The highest BCUT2D eigenvalue weighted by Crippen LogP contribution is 2.18. The Morgan fingerprint density at radius 1 is 1.41 bits per heavy atom. The molecule has 0 bridgehead atoms. The summed E-state index contributed by atoms with van der Waals surface area (Å²) < 4.78 is 16.3. The summed E-state index contributed by atoms with van der Waals surface area (Å²) in [6.07, 6.45) is -0.247. The van der Waals surface area contributed by atoms with Crippen LogP contribution in [-0.4, -0.2) is 51.0 Å². The predicted molar refractivity (Wildman–Crippen MR) is 83.3 cm³/mol. The first kappa shape index (κ1) is 16.6. The number of benzene rings is 1. The van der Waals surface area contributed by atoms with Crippen molar-refractivity contribution in [2.45, 2.75) is 32.1 Å². The van der Waals surface area contributed by atoms with Gasteiger partial charge in [0, 0.05) is 6.54 Å². The topological polar surface area (TPSA) is 68.8 Å². The molecular formula is C16H24N2O4. The highest BCUT2D eigenvalue weighted by Gasteiger charge is 2.28. The summed E-state index contributed by atoms with van der Waals surface area (Å²) >= 11 is 0. The Bertz CT molecular complexity index is 478. The molecule has 1 fully saturated rings. The van der Waals surface area contributed by atoms with Gasteiger partial charge in [0.05, 0.1) is 26.4 Å². The van der Waals surface area contributed by atoms with Gasteiger partial charge in [0.2, 0.25) is 5.91 Å². The van der Waals surface area contributed by atoms with Gasteiger partial charge in [-0.05, 0) is 38.1 Å². The lowest BCUT2D eigenvalue weighted by molar-refractivity contribution is -0.129. The Morgan fingerprint density at radius 3 is 2.73 bits per heavy atom. The van der Waals surface area contributed by atoms with Crippen molar-refractivity contribution in [1.82, 2.24) is 10.6 Å². The zero-order chi connectivity index (χ0) is 15.9. The molecule has 1 aromatic carbocycles. The quantitative estimate of drug-likeness (QED) is 0.819. The normalized spacial score (nSPS) is 22.7. The second kappa shape index (κ2) is 8.00. The molecule has 22 heavy (non-hydrogen) atoms. The number of ether oxygens (including phenoxy) is 3. The van der Waals surface area contributed by atoms with E-state index < -0.39 is 0 Å². The number of rotatable bonds is 6. The fraction of sp³-hybridized carbons (Fsp3) is 0.562. The van der Waals surface area contributed by atoms with Gasteiger partial charge < -0.3 is 24.8 Å². The molecule has 1 amide bonds. The Labute approximate surface area is 131 Å². The summed E-state index contributed by atoms with van der Waals surface area (Å²) in [5.41, 5.74) is 0. The number of morpholine rings is 1. The zero-order valence-corrected chi connectivity index (χ0v) is 13.3. The third kappa shape index (κ3) is 4.61. The first-order valence-electron chi connectivity index (χ1n) is 7.53. The van der Waals surface area contributed by atoms with Gasteiger partial charge in [-0.2, -0.15) is 0 Å². The minimum Gasteiger partial charge on any atom is -0.497 e. The Hall–Kier alpha value is -1.79. The number of hydrogen-bond acceptors (Lipinski definition) is 5. The molecule has 1 aliphatic heterocycles. The molecule has 3 atom stereocenters. The molecule has 2 rings (SSSR count).